The third kappa shape index (κ3) is 32.3. The van der Waals surface area contributed by atoms with E-state index >= 15 is 0 Å². The van der Waals surface area contributed by atoms with Crippen LogP contribution in [-0.4, -0.2) is 48.7 Å². The summed E-state index contributed by atoms with van der Waals surface area (Å²) in [6, 6.07) is 0. The lowest BCUT2D eigenvalue weighted by Gasteiger charge is -2.24. The molecule has 46 heavy (non-hydrogen) atoms. The molecule has 0 aromatic carbocycles. The number of ether oxygens (including phenoxy) is 1. The van der Waals surface area contributed by atoms with Crippen LogP contribution in [0.2, 0.25) is 0 Å². The van der Waals surface area contributed by atoms with Gasteiger partial charge in [0, 0.05) is 13.0 Å². The third-order valence-corrected chi connectivity index (χ3v) is 8.97. The Morgan fingerprint density at radius 2 is 0.978 bits per heavy atom. The van der Waals surface area contributed by atoms with Crippen molar-refractivity contribution in [1.82, 2.24) is 4.90 Å². The van der Waals surface area contributed by atoms with Crippen molar-refractivity contribution in [3.05, 3.63) is 24.3 Å². The standard InChI is InChI=1S/C41H77NO4/c1-5-7-9-11-13-15-17-19-21-23-25-27-29-31-33-35-40(43)46-39(37-42(3)4)36-38(41(44)45)34-32-30-28-26-24-22-20-18-16-14-12-10-8-6-2/h19-22,38-39H,5-18,23-37H2,1-4H3,(H,44,45)/b21-19-,22-20-. The second kappa shape index (κ2) is 34.7. The van der Waals surface area contributed by atoms with Crippen LogP contribution < -0.4 is 0 Å². The first-order chi connectivity index (χ1) is 22.4. The molecule has 2 atom stereocenters. The Kier molecular flexibility index (Phi) is 33.5. The van der Waals surface area contributed by atoms with E-state index in [2.05, 4.69) is 38.2 Å². The first kappa shape index (κ1) is 44.4. The lowest BCUT2D eigenvalue weighted by molar-refractivity contribution is -0.154. The molecular formula is C41H77NO4. The molecule has 1 N–H and O–H groups in total. The Morgan fingerprint density at radius 1 is 0.587 bits per heavy atom. The number of carboxylic acid groups (broad SMARTS) is 1. The first-order valence-corrected chi connectivity index (χ1v) is 19.8. The van der Waals surface area contributed by atoms with E-state index in [-0.39, 0.29) is 12.1 Å². The second-order valence-electron chi connectivity index (χ2n) is 14.0. The van der Waals surface area contributed by atoms with Gasteiger partial charge in [-0.15, -0.1) is 0 Å². The quantitative estimate of drug-likeness (QED) is 0.0421. The van der Waals surface area contributed by atoms with Crippen molar-refractivity contribution in [3.8, 4) is 0 Å². The number of unbranched alkanes of at least 4 members (excludes halogenated alkanes) is 21. The van der Waals surface area contributed by atoms with Crippen LogP contribution in [0.25, 0.3) is 0 Å². The molecule has 0 amide bonds. The van der Waals surface area contributed by atoms with Crippen LogP contribution in [-0.2, 0) is 14.3 Å². The normalized spacial score (nSPS) is 13.2. The van der Waals surface area contributed by atoms with E-state index in [1.54, 1.807) is 0 Å². The SMILES string of the molecule is CCCCCCCC/C=C\CCCCCCCC(=O)OC(CC(CCCCCC/C=C\CCCCCCCC)C(=O)O)CN(C)C. The van der Waals surface area contributed by atoms with Crippen molar-refractivity contribution < 1.29 is 19.4 Å². The topological polar surface area (TPSA) is 66.8 Å². The van der Waals surface area contributed by atoms with E-state index in [0.29, 0.717) is 25.8 Å². The highest BCUT2D eigenvalue weighted by Crippen LogP contribution is 2.20. The molecule has 0 heterocycles. The first-order valence-electron chi connectivity index (χ1n) is 19.8. The summed E-state index contributed by atoms with van der Waals surface area (Å²) in [5, 5.41) is 9.88. The average molecular weight is 648 g/mol. The van der Waals surface area contributed by atoms with Crippen LogP contribution >= 0.6 is 0 Å². The van der Waals surface area contributed by atoms with Gasteiger partial charge in [-0.25, -0.2) is 0 Å². The fraction of sp³-hybridized carbons (Fsp3) is 0.854. The number of rotatable bonds is 35. The summed E-state index contributed by atoms with van der Waals surface area (Å²) >= 11 is 0. The number of carbonyl (C=O) groups excluding carboxylic acids is 1. The second-order valence-corrected chi connectivity index (χ2v) is 14.0. The number of carboxylic acids is 1. The van der Waals surface area contributed by atoms with Crippen molar-refractivity contribution in [3.63, 3.8) is 0 Å². The zero-order valence-electron chi connectivity index (χ0n) is 31.1. The average Bonchev–Trinajstić information content (AvgIpc) is 3.02. The molecule has 0 spiro atoms. The number of aliphatic carboxylic acids is 1. The molecule has 0 aliphatic rings. The van der Waals surface area contributed by atoms with E-state index in [9.17, 15) is 14.7 Å². The van der Waals surface area contributed by atoms with Crippen LogP contribution in [0.15, 0.2) is 24.3 Å². The van der Waals surface area contributed by atoms with Crippen LogP contribution in [0.3, 0.4) is 0 Å². The fourth-order valence-corrected chi connectivity index (χ4v) is 6.10. The molecule has 0 aliphatic heterocycles. The lowest BCUT2D eigenvalue weighted by atomic mass is 9.94. The van der Waals surface area contributed by atoms with Crippen molar-refractivity contribution in [2.45, 2.75) is 200 Å². The molecule has 0 rings (SSSR count). The highest BCUT2D eigenvalue weighted by atomic mass is 16.5. The molecule has 0 aromatic rings. The number of carbonyl (C=O) groups is 2. The Labute approximate surface area is 286 Å². The van der Waals surface area contributed by atoms with Crippen molar-refractivity contribution in [2.24, 2.45) is 5.92 Å². The molecule has 0 saturated heterocycles. The Morgan fingerprint density at radius 3 is 1.39 bits per heavy atom. The molecule has 2 unspecified atom stereocenters. The summed E-state index contributed by atoms with van der Waals surface area (Å²) < 4.78 is 5.82. The molecular weight excluding hydrogens is 570 g/mol. The van der Waals surface area contributed by atoms with Crippen LogP contribution in [0, 0.1) is 5.92 Å². The maximum atomic E-state index is 12.6. The molecule has 5 nitrogen and oxygen atoms in total. The fourth-order valence-electron chi connectivity index (χ4n) is 6.10. The molecule has 0 radical (unpaired) electrons. The van der Waals surface area contributed by atoms with Crippen LogP contribution in [0.1, 0.15) is 194 Å². The van der Waals surface area contributed by atoms with Gasteiger partial charge >= 0.3 is 11.9 Å². The molecule has 0 aromatic heterocycles. The van der Waals surface area contributed by atoms with Gasteiger partial charge < -0.3 is 14.7 Å². The molecule has 0 bridgehead atoms. The van der Waals surface area contributed by atoms with Gasteiger partial charge in [0.2, 0.25) is 0 Å². The predicted molar refractivity (Wildman–Crippen MR) is 198 cm³/mol. The molecule has 270 valence electrons. The number of nitrogens with zero attached hydrogens (tertiary/aromatic N) is 1. The van der Waals surface area contributed by atoms with E-state index < -0.39 is 11.9 Å². The van der Waals surface area contributed by atoms with Gasteiger partial charge in [-0.1, -0.05) is 141 Å². The third-order valence-electron chi connectivity index (χ3n) is 8.97. The lowest BCUT2D eigenvalue weighted by Crippen LogP contribution is -2.34. The maximum Gasteiger partial charge on any atom is 0.306 e. The number of hydrogen-bond acceptors (Lipinski definition) is 4. The summed E-state index contributed by atoms with van der Waals surface area (Å²) in [6.07, 6.45) is 41.1. The summed E-state index contributed by atoms with van der Waals surface area (Å²) in [5.74, 6) is -1.41. The zero-order valence-corrected chi connectivity index (χ0v) is 31.1. The molecule has 0 fully saturated rings. The summed E-state index contributed by atoms with van der Waals surface area (Å²) in [6.45, 7) is 5.09. The van der Waals surface area contributed by atoms with Gasteiger partial charge in [0.15, 0.2) is 0 Å². The van der Waals surface area contributed by atoms with Crippen LogP contribution in [0.4, 0.5) is 0 Å². The largest absolute Gasteiger partial charge is 0.481 e. The van der Waals surface area contributed by atoms with Gasteiger partial charge in [-0.05, 0) is 84.7 Å². The van der Waals surface area contributed by atoms with Gasteiger partial charge in [0.05, 0.1) is 5.92 Å². The van der Waals surface area contributed by atoms with Crippen LogP contribution in [0.5, 0.6) is 0 Å². The highest BCUT2D eigenvalue weighted by molar-refractivity contribution is 5.71. The Hall–Kier alpha value is -1.62. The minimum absolute atomic E-state index is 0.182. The van der Waals surface area contributed by atoms with Crippen molar-refractivity contribution >= 4 is 11.9 Å². The maximum absolute atomic E-state index is 12.6. The molecule has 0 saturated carbocycles. The number of allylic oxidation sites excluding steroid dienone is 4. The molecule has 0 aliphatic carbocycles. The summed E-state index contributed by atoms with van der Waals surface area (Å²) in [5.41, 5.74) is 0. The van der Waals surface area contributed by atoms with Crippen molar-refractivity contribution in [2.75, 3.05) is 20.6 Å². The van der Waals surface area contributed by atoms with Crippen molar-refractivity contribution in [1.29, 1.82) is 0 Å². The van der Waals surface area contributed by atoms with Gasteiger partial charge in [0.25, 0.3) is 0 Å². The summed E-state index contributed by atoms with van der Waals surface area (Å²) in [4.78, 5) is 26.6. The Balaban J connectivity index is 4.06. The monoisotopic (exact) mass is 648 g/mol. The number of esters is 1. The Bertz CT molecular complexity index is 732. The predicted octanol–water partition coefficient (Wildman–Crippen LogP) is 12.2. The van der Waals surface area contributed by atoms with E-state index in [4.69, 9.17) is 4.74 Å². The minimum Gasteiger partial charge on any atom is -0.481 e. The van der Waals surface area contributed by atoms with Gasteiger partial charge in [0.1, 0.15) is 6.10 Å². The smallest absolute Gasteiger partial charge is 0.306 e. The van der Waals surface area contributed by atoms with Gasteiger partial charge in [-0.2, -0.15) is 0 Å². The van der Waals surface area contributed by atoms with E-state index in [1.165, 1.54) is 109 Å². The minimum atomic E-state index is -0.769. The number of hydrogen-bond donors (Lipinski definition) is 1. The zero-order chi connectivity index (χ0) is 33.9. The van der Waals surface area contributed by atoms with E-state index in [0.717, 1.165) is 51.4 Å². The van der Waals surface area contributed by atoms with Gasteiger partial charge in [-0.3, -0.25) is 9.59 Å². The summed E-state index contributed by atoms with van der Waals surface area (Å²) in [7, 11) is 3.89. The molecule has 5 heteroatoms. The van der Waals surface area contributed by atoms with E-state index in [1.807, 2.05) is 19.0 Å². The highest BCUT2D eigenvalue weighted by Gasteiger charge is 2.25. The number of likely N-dealkylation sites (N-methyl/N-ethyl adjacent to an activating group) is 1.